The molecule has 1 amide bonds. The Hall–Kier alpha value is -3.28. The van der Waals surface area contributed by atoms with Crippen LogP contribution in [0.2, 0.25) is 0 Å². The number of benzene rings is 1. The smallest absolute Gasteiger partial charge is 0.253 e. The molecule has 0 atom stereocenters. The summed E-state index contributed by atoms with van der Waals surface area (Å²) in [4.78, 5) is 16.3. The molecule has 2 N–H and O–H groups in total. The van der Waals surface area contributed by atoms with Crippen molar-refractivity contribution in [1.29, 1.82) is 0 Å². The third-order valence-electron chi connectivity index (χ3n) is 3.66. The summed E-state index contributed by atoms with van der Waals surface area (Å²) < 4.78 is 10.3. The van der Waals surface area contributed by atoms with E-state index in [4.69, 9.17) is 9.15 Å². The summed E-state index contributed by atoms with van der Waals surface area (Å²) in [6.45, 7) is 0.971. The SMILES string of the molecule is COc1ccc(CNc2cncc(C(=O)NCc3ccco3)c2)cc1. The molecule has 2 heterocycles. The van der Waals surface area contributed by atoms with E-state index in [1.165, 1.54) is 6.20 Å². The molecule has 6 nitrogen and oxygen atoms in total. The van der Waals surface area contributed by atoms with Crippen LogP contribution in [0.3, 0.4) is 0 Å². The lowest BCUT2D eigenvalue weighted by atomic mass is 10.2. The Morgan fingerprint density at radius 2 is 2.00 bits per heavy atom. The second-order valence-corrected chi connectivity index (χ2v) is 5.43. The van der Waals surface area contributed by atoms with Crippen molar-refractivity contribution >= 4 is 11.6 Å². The molecule has 0 unspecified atom stereocenters. The summed E-state index contributed by atoms with van der Waals surface area (Å²) in [6.07, 6.45) is 4.80. The number of carbonyl (C=O) groups is 1. The van der Waals surface area contributed by atoms with Crippen LogP contribution >= 0.6 is 0 Å². The number of ether oxygens (including phenoxy) is 1. The van der Waals surface area contributed by atoms with Gasteiger partial charge in [0.1, 0.15) is 11.5 Å². The third-order valence-corrected chi connectivity index (χ3v) is 3.66. The number of furan rings is 1. The lowest BCUT2D eigenvalue weighted by Crippen LogP contribution is -2.22. The molecule has 3 rings (SSSR count). The van der Waals surface area contributed by atoms with E-state index in [2.05, 4.69) is 15.6 Å². The fraction of sp³-hybridized carbons (Fsp3) is 0.158. The van der Waals surface area contributed by atoms with Crippen molar-refractivity contribution in [3.05, 3.63) is 78.0 Å². The predicted octanol–water partition coefficient (Wildman–Crippen LogP) is 3.23. The van der Waals surface area contributed by atoms with Crippen molar-refractivity contribution in [2.24, 2.45) is 0 Å². The van der Waals surface area contributed by atoms with E-state index >= 15 is 0 Å². The van der Waals surface area contributed by atoms with Gasteiger partial charge in [0.2, 0.25) is 0 Å². The van der Waals surface area contributed by atoms with Gasteiger partial charge in [-0.3, -0.25) is 9.78 Å². The number of pyridine rings is 1. The summed E-state index contributed by atoms with van der Waals surface area (Å²) in [5, 5.41) is 6.06. The monoisotopic (exact) mass is 337 g/mol. The number of carbonyl (C=O) groups excluding carboxylic acids is 1. The van der Waals surface area contributed by atoms with Gasteiger partial charge in [-0.1, -0.05) is 12.1 Å². The zero-order valence-electron chi connectivity index (χ0n) is 13.9. The number of anilines is 1. The van der Waals surface area contributed by atoms with Gasteiger partial charge < -0.3 is 19.8 Å². The highest BCUT2D eigenvalue weighted by Gasteiger charge is 2.07. The van der Waals surface area contributed by atoms with Gasteiger partial charge in [0.05, 0.1) is 31.2 Å². The van der Waals surface area contributed by atoms with Crippen molar-refractivity contribution in [1.82, 2.24) is 10.3 Å². The number of hydrogen-bond acceptors (Lipinski definition) is 5. The maximum Gasteiger partial charge on any atom is 0.253 e. The van der Waals surface area contributed by atoms with E-state index < -0.39 is 0 Å². The van der Waals surface area contributed by atoms with E-state index in [9.17, 15) is 4.79 Å². The Labute approximate surface area is 145 Å². The van der Waals surface area contributed by atoms with Crippen LogP contribution in [0.5, 0.6) is 5.75 Å². The van der Waals surface area contributed by atoms with Gasteiger partial charge in [-0.25, -0.2) is 0 Å². The summed E-state index contributed by atoms with van der Waals surface area (Å²) in [5.41, 5.74) is 2.38. The minimum absolute atomic E-state index is 0.197. The molecule has 0 saturated carbocycles. The van der Waals surface area contributed by atoms with Crippen molar-refractivity contribution in [2.45, 2.75) is 13.1 Å². The van der Waals surface area contributed by atoms with Crippen LogP contribution in [-0.4, -0.2) is 18.0 Å². The second-order valence-electron chi connectivity index (χ2n) is 5.43. The molecule has 25 heavy (non-hydrogen) atoms. The average molecular weight is 337 g/mol. The van der Waals surface area contributed by atoms with Crippen LogP contribution in [0, 0.1) is 0 Å². The highest BCUT2D eigenvalue weighted by Crippen LogP contribution is 2.14. The minimum atomic E-state index is -0.197. The molecule has 0 saturated heterocycles. The molecule has 3 aromatic rings. The van der Waals surface area contributed by atoms with Crippen molar-refractivity contribution in [2.75, 3.05) is 12.4 Å². The lowest BCUT2D eigenvalue weighted by Gasteiger charge is -2.09. The molecule has 2 aromatic heterocycles. The first-order valence-electron chi connectivity index (χ1n) is 7.87. The first-order valence-corrected chi connectivity index (χ1v) is 7.87. The first kappa shape index (κ1) is 16.6. The van der Waals surface area contributed by atoms with Gasteiger partial charge in [0.15, 0.2) is 0 Å². The Bertz CT molecular complexity index is 814. The standard InChI is InChI=1S/C19H19N3O3/c1-24-17-6-4-14(5-7-17)10-21-16-9-15(11-20-12-16)19(23)22-13-18-3-2-8-25-18/h2-9,11-12,21H,10,13H2,1H3,(H,22,23). The van der Waals surface area contributed by atoms with E-state index in [-0.39, 0.29) is 5.91 Å². The molecule has 0 fully saturated rings. The van der Waals surface area contributed by atoms with E-state index in [0.29, 0.717) is 24.4 Å². The molecule has 0 radical (unpaired) electrons. The molecule has 1 aromatic carbocycles. The normalized spacial score (nSPS) is 10.3. The fourth-order valence-electron chi connectivity index (χ4n) is 2.29. The average Bonchev–Trinajstić information content (AvgIpc) is 3.19. The molecular formula is C19H19N3O3. The van der Waals surface area contributed by atoms with Crippen LogP contribution < -0.4 is 15.4 Å². The number of hydrogen-bond donors (Lipinski definition) is 2. The van der Waals surface area contributed by atoms with Crippen LogP contribution in [0.4, 0.5) is 5.69 Å². The Morgan fingerprint density at radius 1 is 1.16 bits per heavy atom. The van der Waals surface area contributed by atoms with Crippen LogP contribution in [-0.2, 0) is 13.1 Å². The molecule has 0 aliphatic rings. The number of methoxy groups -OCH3 is 1. The van der Waals surface area contributed by atoms with Crippen molar-refractivity contribution in [3.63, 3.8) is 0 Å². The maximum atomic E-state index is 12.2. The maximum absolute atomic E-state index is 12.2. The Kier molecular flexibility index (Phi) is 5.31. The number of aromatic nitrogens is 1. The minimum Gasteiger partial charge on any atom is -0.497 e. The summed E-state index contributed by atoms with van der Waals surface area (Å²) in [5.74, 6) is 1.33. The topological polar surface area (TPSA) is 76.4 Å². The Balaban J connectivity index is 1.57. The van der Waals surface area contributed by atoms with Crippen LogP contribution in [0.25, 0.3) is 0 Å². The largest absolute Gasteiger partial charge is 0.497 e. The lowest BCUT2D eigenvalue weighted by molar-refractivity contribution is 0.0947. The zero-order valence-corrected chi connectivity index (χ0v) is 13.9. The van der Waals surface area contributed by atoms with E-state index in [0.717, 1.165) is 17.0 Å². The van der Waals surface area contributed by atoms with Gasteiger partial charge in [0.25, 0.3) is 5.91 Å². The third kappa shape index (κ3) is 4.60. The predicted molar refractivity (Wildman–Crippen MR) is 94.4 cm³/mol. The zero-order chi connectivity index (χ0) is 17.5. The molecular weight excluding hydrogens is 318 g/mol. The summed E-state index contributed by atoms with van der Waals surface area (Å²) >= 11 is 0. The van der Waals surface area contributed by atoms with E-state index in [1.807, 2.05) is 30.3 Å². The van der Waals surface area contributed by atoms with Gasteiger partial charge in [-0.2, -0.15) is 0 Å². The molecule has 0 aliphatic carbocycles. The molecule has 0 aliphatic heterocycles. The highest BCUT2D eigenvalue weighted by atomic mass is 16.5. The van der Waals surface area contributed by atoms with Crippen molar-refractivity contribution < 1.29 is 13.9 Å². The fourth-order valence-corrected chi connectivity index (χ4v) is 2.29. The molecule has 0 spiro atoms. The van der Waals surface area contributed by atoms with Gasteiger partial charge in [-0.15, -0.1) is 0 Å². The highest BCUT2D eigenvalue weighted by molar-refractivity contribution is 5.94. The molecule has 128 valence electrons. The quantitative estimate of drug-likeness (QED) is 0.692. The number of amides is 1. The van der Waals surface area contributed by atoms with Crippen molar-refractivity contribution in [3.8, 4) is 5.75 Å². The second kappa shape index (κ2) is 8.01. The summed E-state index contributed by atoms with van der Waals surface area (Å²) in [6, 6.07) is 13.2. The van der Waals surface area contributed by atoms with Gasteiger partial charge >= 0.3 is 0 Å². The van der Waals surface area contributed by atoms with Crippen LogP contribution in [0.1, 0.15) is 21.7 Å². The number of nitrogens with zero attached hydrogens (tertiary/aromatic N) is 1. The number of rotatable bonds is 7. The summed E-state index contributed by atoms with van der Waals surface area (Å²) in [7, 11) is 1.64. The number of nitrogens with one attached hydrogen (secondary N) is 2. The first-order chi connectivity index (χ1) is 12.2. The van der Waals surface area contributed by atoms with Gasteiger partial charge in [0, 0.05) is 18.9 Å². The molecule has 6 heteroatoms. The van der Waals surface area contributed by atoms with Crippen LogP contribution in [0.15, 0.2) is 65.5 Å². The van der Waals surface area contributed by atoms with E-state index in [1.54, 1.807) is 31.7 Å². The van der Waals surface area contributed by atoms with Gasteiger partial charge in [-0.05, 0) is 35.9 Å². The molecule has 0 bridgehead atoms. The Morgan fingerprint density at radius 3 is 2.72 bits per heavy atom.